The van der Waals surface area contributed by atoms with Gasteiger partial charge in [0.15, 0.2) is 0 Å². The second-order valence-corrected chi connectivity index (χ2v) is 9.37. The molecule has 0 aliphatic carbocycles. The second-order valence-electron chi connectivity index (χ2n) is 9.37. The Labute approximate surface area is 217 Å². The van der Waals surface area contributed by atoms with Gasteiger partial charge in [0.25, 0.3) is 0 Å². The maximum Gasteiger partial charge on any atom is 0.426 e. The van der Waals surface area contributed by atoms with E-state index in [0.29, 0.717) is 0 Å². The monoisotopic (exact) mass is 516 g/mol. The third-order valence-electron chi connectivity index (χ3n) is 6.25. The van der Waals surface area contributed by atoms with Gasteiger partial charge >= 0.3 is 12.2 Å². The van der Waals surface area contributed by atoms with Crippen molar-refractivity contribution in [1.82, 2.24) is 0 Å². The summed E-state index contributed by atoms with van der Waals surface area (Å²) in [5.41, 5.74) is 1.05. The molecule has 0 amide bonds. The van der Waals surface area contributed by atoms with E-state index in [9.17, 15) is 17.6 Å². The van der Waals surface area contributed by atoms with E-state index in [-0.39, 0.29) is 11.5 Å². The van der Waals surface area contributed by atoms with Gasteiger partial charge in [0.2, 0.25) is 0 Å². The Morgan fingerprint density at radius 3 is 1.32 bits per heavy atom. The molecule has 0 saturated heterocycles. The molecule has 0 aromatic heterocycles. The fourth-order valence-electron chi connectivity index (χ4n) is 4.12. The number of rotatable bonds is 15. The first kappa shape index (κ1) is 28.5. The predicted octanol–water partition coefficient (Wildman–Crippen LogP) is 9.80. The Hall–Kier alpha value is -3.02. The van der Waals surface area contributed by atoms with E-state index in [2.05, 4.69) is 6.92 Å². The van der Waals surface area contributed by atoms with Crippen LogP contribution in [0.4, 0.5) is 17.6 Å². The molecule has 0 atom stereocenters. The van der Waals surface area contributed by atoms with Crippen LogP contribution < -0.4 is 9.47 Å². The average molecular weight is 517 g/mol. The largest absolute Gasteiger partial charge is 0.429 e. The lowest BCUT2D eigenvalue weighted by Crippen LogP contribution is -2.24. The molecule has 3 aromatic carbocycles. The zero-order chi connectivity index (χ0) is 26.7. The van der Waals surface area contributed by atoms with E-state index in [4.69, 9.17) is 9.47 Å². The van der Waals surface area contributed by atoms with Crippen LogP contribution in [-0.2, 0) is 25.1 Å². The van der Waals surface area contributed by atoms with Crippen molar-refractivity contribution in [2.75, 3.05) is 0 Å². The summed E-state index contributed by atoms with van der Waals surface area (Å²) in [6, 6.07) is 16.8. The molecule has 37 heavy (non-hydrogen) atoms. The first-order valence-corrected chi connectivity index (χ1v) is 13.2. The van der Waals surface area contributed by atoms with Crippen molar-refractivity contribution in [2.24, 2.45) is 0 Å². The van der Waals surface area contributed by atoms with Crippen LogP contribution in [0.25, 0.3) is 0 Å². The standard InChI is InChI=1S/C31H36F4O2/c1-3-5-6-7-8-9-11-25-14-22-29(23-15-25)37-31(34,35)27-18-16-26(17-19-27)30(32,33)36-28-20-12-24(10-4-2)13-21-28/h12-23H,3-11H2,1-2H3. The molecule has 200 valence electrons. The van der Waals surface area contributed by atoms with E-state index in [0.717, 1.165) is 67.5 Å². The number of hydrogen-bond donors (Lipinski definition) is 0. The summed E-state index contributed by atoms with van der Waals surface area (Å²) < 4.78 is 68.5. The molecule has 0 radical (unpaired) electrons. The number of halogens is 4. The van der Waals surface area contributed by atoms with Crippen LogP contribution in [0.2, 0.25) is 0 Å². The number of ether oxygens (including phenoxy) is 2. The first-order valence-electron chi connectivity index (χ1n) is 13.2. The number of aryl methyl sites for hydroxylation is 2. The van der Waals surface area contributed by atoms with Crippen LogP contribution in [0.5, 0.6) is 11.5 Å². The maximum absolute atomic E-state index is 14.7. The van der Waals surface area contributed by atoms with Gasteiger partial charge in [0, 0.05) is 0 Å². The zero-order valence-electron chi connectivity index (χ0n) is 21.6. The molecule has 0 fully saturated rings. The van der Waals surface area contributed by atoms with Crippen LogP contribution in [-0.4, -0.2) is 0 Å². The number of hydrogen-bond acceptors (Lipinski definition) is 2. The lowest BCUT2D eigenvalue weighted by atomic mass is 10.0. The third-order valence-corrected chi connectivity index (χ3v) is 6.25. The average Bonchev–Trinajstić information content (AvgIpc) is 2.88. The van der Waals surface area contributed by atoms with Crippen molar-refractivity contribution < 1.29 is 27.0 Å². The number of alkyl halides is 4. The summed E-state index contributed by atoms with van der Waals surface area (Å²) in [6.07, 6.45) is 2.48. The Bertz CT molecular complexity index is 1060. The van der Waals surface area contributed by atoms with Gasteiger partial charge in [-0.2, -0.15) is 17.6 Å². The normalized spacial score (nSPS) is 11.9. The van der Waals surface area contributed by atoms with Gasteiger partial charge in [-0.25, -0.2) is 0 Å². The first-order chi connectivity index (χ1) is 17.7. The lowest BCUT2D eigenvalue weighted by Gasteiger charge is -2.21. The summed E-state index contributed by atoms with van der Waals surface area (Å²) in [5.74, 6) is 0.0171. The van der Waals surface area contributed by atoms with E-state index >= 15 is 0 Å². The minimum Gasteiger partial charge on any atom is -0.429 e. The van der Waals surface area contributed by atoms with Crippen molar-refractivity contribution in [3.63, 3.8) is 0 Å². The minimum atomic E-state index is -3.68. The van der Waals surface area contributed by atoms with Crippen molar-refractivity contribution in [3.8, 4) is 11.5 Å². The fourth-order valence-corrected chi connectivity index (χ4v) is 4.12. The Balaban J connectivity index is 1.56. The predicted molar refractivity (Wildman–Crippen MR) is 139 cm³/mol. The summed E-state index contributed by atoms with van der Waals surface area (Å²) in [6.45, 7) is 4.22. The SMILES string of the molecule is CCCCCCCCc1ccc(OC(F)(F)c2ccc(C(F)(F)Oc3ccc(CCC)cc3)cc2)cc1. The molecule has 6 heteroatoms. The summed E-state index contributed by atoms with van der Waals surface area (Å²) in [5, 5.41) is 0. The molecule has 0 unspecified atom stereocenters. The smallest absolute Gasteiger partial charge is 0.426 e. The van der Waals surface area contributed by atoms with Crippen molar-refractivity contribution in [3.05, 3.63) is 95.1 Å². The van der Waals surface area contributed by atoms with Gasteiger partial charge in [-0.05, 0) is 78.9 Å². The highest BCUT2D eigenvalue weighted by Gasteiger charge is 2.38. The van der Waals surface area contributed by atoms with Crippen molar-refractivity contribution in [2.45, 2.75) is 83.9 Å². The van der Waals surface area contributed by atoms with E-state index in [1.165, 1.54) is 49.9 Å². The molecular formula is C31H36F4O2. The molecule has 3 aromatic rings. The minimum absolute atomic E-state index is 0.00235. The molecule has 0 N–H and O–H groups in total. The Kier molecular flexibility index (Phi) is 10.4. The van der Waals surface area contributed by atoms with Crippen LogP contribution in [0.1, 0.15) is 81.0 Å². The van der Waals surface area contributed by atoms with Crippen LogP contribution in [0.15, 0.2) is 72.8 Å². The Morgan fingerprint density at radius 1 is 0.486 bits per heavy atom. The van der Waals surface area contributed by atoms with E-state index in [1.54, 1.807) is 24.3 Å². The maximum atomic E-state index is 14.7. The van der Waals surface area contributed by atoms with E-state index in [1.807, 2.05) is 6.92 Å². The van der Waals surface area contributed by atoms with Gasteiger partial charge in [0.05, 0.1) is 11.1 Å². The molecular weight excluding hydrogens is 480 g/mol. The molecule has 2 nitrogen and oxygen atoms in total. The molecule has 0 aliphatic heterocycles. The molecule has 0 saturated carbocycles. The lowest BCUT2D eigenvalue weighted by molar-refractivity contribution is -0.188. The second kappa shape index (κ2) is 13.5. The van der Waals surface area contributed by atoms with E-state index < -0.39 is 23.3 Å². The zero-order valence-corrected chi connectivity index (χ0v) is 21.6. The fraction of sp³-hybridized carbons (Fsp3) is 0.419. The third kappa shape index (κ3) is 8.80. The van der Waals surface area contributed by atoms with Crippen molar-refractivity contribution >= 4 is 0 Å². The Morgan fingerprint density at radius 2 is 0.892 bits per heavy atom. The molecule has 0 aliphatic rings. The van der Waals surface area contributed by atoms with Gasteiger partial charge < -0.3 is 9.47 Å². The summed E-state index contributed by atoms with van der Waals surface area (Å²) >= 11 is 0. The number of unbranched alkanes of at least 4 members (excludes halogenated alkanes) is 5. The summed E-state index contributed by atoms with van der Waals surface area (Å²) in [4.78, 5) is 0. The highest BCUT2D eigenvalue weighted by atomic mass is 19.3. The molecule has 0 heterocycles. The van der Waals surface area contributed by atoms with Gasteiger partial charge in [-0.1, -0.05) is 76.6 Å². The van der Waals surface area contributed by atoms with Crippen molar-refractivity contribution in [1.29, 1.82) is 0 Å². The number of benzene rings is 3. The quantitative estimate of drug-likeness (QED) is 0.148. The molecule has 0 spiro atoms. The topological polar surface area (TPSA) is 18.5 Å². The molecule has 3 rings (SSSR count). The summed E-state index contributed by atoms with van der Waals surface area (Å²) in [7, 11) is 0. The van der Waals surface area contributed by atoms with Crippen LogP contribution in [0, 0.1) is 0 Å². The highest BCUT2D eigenvalue weighted by molar-refractivity contribution is 5.32. The van der Waals surface area contributed by atoms with Crippen LogP contribution >= 0.6 is 0 Å². The van der Waals surface area contributed by atoms with Gasteiger partial charge in [0.1, 0.15) is 11.5 Å². The van der Waals surface area contributed by atoms with Gasteiger partial charge in [-0.3, -0.25) is 0 Å². The van der Waals surface area contributed by atoms with Gasteiger partial charge in [-0.15, -0.1) is 0 Å². The molecule has 0 bridgehead atoms. The highest BCUT2D eigenvalue weighted by Crippen LogP contribution is 2.36. The van der Waals surface area contributed by atoms with Crippen LogP contribution in [0.3, 0.4) is 0 Å².